The fraction of sp³-hybridized carbons (Fsp3) is 0.368. The maximum atomic E-state index is 15.0. The highest BCUT2D eigenvalue weighted by molar-refractivity contribution is 7.91. The van der Waals surface area contributed by atoms with E-state index in [1.54, 1.807) is 55.6 Å². The fourth-order valence-corrected chi connectivity index (χ4v) is 7.50. The number of ether oxygens (including phenoxy) is 3. The number of pyridine rings is 1. The molecule has 56 heavy (non-hydrogen) atoms. The van der Waals surface area contributed by atoms with E-state index in [2.05, 4.69) is 19.9 Å². The molecule has 18 heteroatoms. The van der Waals surface area contributed by atoms with Gasteiger partial charge in [-0.2, -0.15) is 13.2 Å². The number of aromatic nitrogens is 1. The van der Waals surface area contributed by atoms with Crippen LogP contribution in [0.2, 0.25) is 0 Å². The summed E-state index contributed by atoms with van der Waals surface area (Å²) >= 11 is 0. The summed E-state index contributed by atoms with van der Waals surface area (Å²) in [7, 11) is -3.16. The van der Waals surface area contributed by atoms with E-state index in [-0.39, 0.29) is 40.3 Å². The molecule has 0 aliphatic carbocycles. The van der Waals surface area contributed by atoms with Crippen LogP contribution in [-0.2, 0) is 29.0 Å². The Bertz CT molecular complexity index is 2220. The summed E-state index contributed by atoms with van der Waals surface area (Å²) in [6, 6.07) is 13.3. The van der Waals surface area contributed by atoms with E-state index >= 15 is 0 Å². The lowest BCUT2D eigenvalue weighted by Crippen LogP contribution is -2.39. The van der Waals surface area contributed by atoms with Gasteiger partial charge in [0.1, 0.15) is 11.9 Å². The Labute approximate surface area is 321 Å². The number of fused-ring (bicyclic) bond motifs is 1. The first-order valence-electron chi connectivity index (χ1n) is 17.7. The van der Waals surface area contributed by atoms with E-state index in [0.29, 0.717) is 47.0 Å². The van der Waals surface area contributed by atoms with Gasteiger partial charge in [-0.15, -0.1) is 5.06 Å². The van der Waals surface area contributed by atoms with Crippen LogP contribution in [0.25, 0.3) is 10.8 Å². The van der Waals surface area contributed by atoms with Gasteiger partial charge in [0.2, 0.25) is 5.91 Å². The third-order valence-corrected chi connectivity index (χ3v) is 10.7. The van der Waals surface area contributed by atoms with Crippen molar-refractivity contribution in [3.05, 3.63) is 78.0 Å². The molecule has 0 unspecified atom stereocenters. The number of anilines is 3. The number of halogens is 3. The average Bonchev–Trinajstić information content (AvgIpc) is 3.65. The van der Waals surface area contributed by atoms with E-state index in [4.69, 9.17) is 15.2 Å². The minimum Gasteiger partial charge on any atom is -0.490 e. The van der Waals surface area contributed by atoms with Crippen molar-refractivity contribution in [2.75, 3.05) is 42.1 Å². The number of alkyl halides is 3. The number of nitrogen functional groups attached to an aromatic ring is 1. The Kier molecular flexibility index (Phi) is 12.5. The second kappa shape index (κ2) is 16.9. The first-order valence-corrected chi connectivity index (χ1v) is 19.3. The van der Waals surface area contributed by atoms with E-state index in [1.807, 2.05) is 13.8 Å². The summed E-state index contributed by atoms with van der Waals surface area (Å²) in [5.41, 5.74) is 6.64. The van der Waals surface area contributed by atoms with Gasteiger partial charge in [0.25, 0.3) is 0 Å². The van der Waals surface area contributed by atoms with Gasteiger partial charge < -0.3 is 35.0 Å². The number of hydrogen-bond acceptors (Lipinski definition) is 12. The van der Waals surface area contributed by atoms with Crippen LogP contribution in [0.1, 0.15) is 63.7 Å². The predicted molar refractivity (Wildman–Crippen MR) is 201 cm³/mol. The van der Waals surface area contributed by atoms with Crippen LogP contribution < -0.4 is 25.6 Å². The van der Waals surface area contributed by atoms with Gasteiger partial charge in [-0.05, 0) is 105 Å². The monoisotopic (exact) mass is 801 g/mol. The second-order valence-electron chi connectivity index (χ2n) is 13.0. The maximum Gasteiger partial charge on any atom is 0.493 e. The number of carbonyl (C=O) groups is 3. The fourth-order valence-electron chi connectivity index (χ4n) is 6.36. The van der Waals surface area contributed by atoms with E-state index in [0.717, 1.165) is 30.7 Å². The molecule has 0 spiro atoms. The molecular weight excluding hydrogens is 760 g/mol. The number of sulfone groups is 1. The highest BCUT2D eigenvalue weighted by atomic mass is 32.2. The molecule has 14 nitrogen and oxygen atoms in total. The molecule has 1 aliphatic rings. The van der Waals surface area contributed by atoms with Crippen molar-refractivity contribution in [2.45, 2.75) is 69.8 Å². The standard InChI is InChI=1S/C38H42F3N5O9S/c1-6-53-31-20-24(10-14-30(31)54-22(3)4)33(44-25-11-13-27-23(19-25)16-17-43-34(27)42)35(47)45-18-8-9-29(45)28-21-26(12-15-32(28)56(50,51)7-2)46(37(49)52-5)55-36(48)38(39,40)41/h10-17,19-22,29,33,44H,6-9,18H2,1-5H3,(H2,42,43)/t29-,33-/m1/s1. The second-order valence-corrected chi connectivity index (χ2v) is 15.2. The van der Waals surface area contributed by atoms with Gasteiger partial charge in [-0.1, -0.05) is 13.0 Å². The number of methoxy groups -OCH3 is 1. The maximum absolute atomic E-state index is 15.0. The molecule has 3 N–H and O–H groups in total. The molecule has 5 rings (SSSR count). The summed E-state index contributed by atoms with van der Waals surface area (Å²) in [5, 5.41) is 4.75. The Balaban J connectivity index is 1.63. The van der Waals surface area contributed by atoms with Crippen LogP contribution in [-0.4, -0.2) is 74.6 Å². The molecule has 3 aromatic carbocycles. The van der Waals surface area contributed by atoms with Crippen molar-refractivity contribution in [1.29, 1.82) is 0 Å². The number of hydrogen-bond donors (Lipinski definition) is 2. The molecule has 0 saturated carbocycles. The van der Waals surface area contributed by atoms with Crippen molar-refractivity contribution in [3.63, 3.8) is 0 Å². The van der Waals surface area contributed by atoms with Crippen LogP contribution in [0.4, 0.5) is 35.2 Å². The molecule has 4 aromatic rings. The van der Waals surface area contributed by atoms with Crippen molar-refractivity contribution in [1.82, 2.24) is 9.88 Å². The van der Waals surface area contributed by atoms with Crippen LogP contribution in [0.15, 0.2) is 71.8 Å². The lowest BCUT2D eigenvalue weighted by atomic mass is 10.00. The highest BCUT2D eigenvalue weighted by Crippen LogP contribution is 2.41. The molecule has 2 heterocycles. The van der Waals surface area contributed by atoms with Crippen molar-refractivity contribution >= 4 is 55.8 Å². The van der Waals surface area contributed by atoms with Gasteiger partial charge in [-0.25, -0.2) is 23.0 Å². The van der Waals surface area contributed by atoms with Crippen LogP contribution in [0, 0.1) is 0 Å². The molecule has 300 valence electrons. The summed E-state index contributed by atoms with van der Waals surface area (Å²) in [6.45, 7) is 7.39. The number of benzene rings is 3. The zero-order valence-corrected chi connectivity index (χ0v) is 32.1. The van der Waals surface area contributed by atoms with Gasteiger partial charge in [-0.3, -0.25) is 4.79 Å². The third kappa shape index (κ3) is 9.01. The smallest absolute Gasteiger partial charge is 0.490 e. The average molecular weight is 802 g/mol. The van der Waals surface area contributed by atoms with Crippen molar-refractivity contribution in [3.8, 4) is 11.5 Å². The molecular formula is C38H42F3N5O9S. The quantitative estimate of drug-likeness (QED) is 0.142. The number of nitrogens with two attached hydrogens (primary N) is 1. The Morgan fingerprint density at radius 2 is 1.79 bits per heavy atom. The lowest BCUT2D eigenvalue weighted by Gasteiger charge is -2.32. The third-order valence-electron chi connectivity index (χ3n) is 8.90. The highest BCUT2D eigenvalue weighted by Gasteiger charge is 2.44. The zero-order valence-electron chi connectivity index (χ0n) is 31.3. The lowest BCUT2D eigenvalue weighted by molar-refractivity contribution is -0.200. The first kappa shape index (κ1) is 41.4. The molecule has 2 atom stereocenters. The van der Waals surface area contributed by atoms with E-state index < -0.39 is 51.8 Å². The summed E-state index contributed by atoms with van der Waals surface area (Å²) in [4.78, 5) is 49.2. The van der Waals surface area contributed by atoms with Crippen molar-refractivity contribution in [2.24, 2.45) is 0 Å². The minimum absolute atomic E-state index is 0.00437. The van der Waals surface area contributed by atoms with Crippen LogP contribution in [0.3, 0.4) is 0 Å². The largest absolute Gasteiger partial charge is 0.493 e. The van der Waals surface area contributed by atoms with Gasteiger partial charge in [0.05, 0.1) is 42.2 Å². The van der Waals surface area contributed by atoms with Gasteiger partial charge in [0.15, 0.2) is 21.3 Å². The molecule has 0 bridgehead atoms. The number of likely N-dealkylation sites (tertiary alicyclic amines) is 1. The number of rotatable bonds is 12. The van der Waals surface area contributed by atoms with Crippen molar-refractivity contribution < 1.29 is 55.0 Å². The van der Waals surface area contributed by atoms with Gasteiger partial charge in [0, 0.05) is 23.8 Å². The predicted octanol–water partition coefficient (Wildman–Crippen LogP) is 6.91. The number of carbonyl (C=O) groups excluding carboxylic acids is 3. The first-order chi connectivity index (χ1) is 26.5. The number of amides is 2. The molecule has 1 aromatic heterocycles. The van der Waals surface area contributed by atoms with E-state index in [9.17, 15) is 36.0 Å². The topological polar surface area (TPSA) is 180 Å². The Morgan fingerprint density at radius 1 is 1.04 bits per heavy atom. The summed E-state index contributed by atoms with van der Waals surface area (Å²) in [6.07, 6.45) is -4.95. The molecule has 2 amide bonds. The number of nitrogens with one attached hydrogen (secondary N) is 1. The minimum atomic E-state index is -5.48. The normalized spacial score (nSPS) is 15.0. The van der Waals surface area contributed by atoms with Crippen LogP contribution in [0.5, 0.6) is 11.5 Å². The van der Waals surface area contributed by atoms with E-state index in [1.165, 1.54) is 11.8 Å². The van der Waals surface area contributed by atoms with Gasteiger partial charge >= 0.3 is 18.2 Å². The molecule has 1 aliphatic heterocycles. The Hall–Kier alpha value is -5.78. The molecule has 0 radical (unpaired) electrons. The van der Waals surface area contributed by atoms with Crippen LogP contribution >= 0.6 is 0 Å². The molecule has 1 fully saturated rings. The number of hydroxylamine groups is 1. The Morgan fingerprint density at radius 3 is 2.45 bits per heavy atom. The molecule has 1 saturated heterocycles. The SMILES string of the molecule is CCOc1cc([C@@H](Nc2ccc3c(N)nccc3c2)C(=O)N2CCC[C@@H]2c2cc(N(OC(=O)C(F)(F)F)C(=O)OC)ccc2S(=O)(=O)CC)ccc1OC(C)C. The number of nitrogens with zero attached hydrogens (tertiary/aromatic N) is 3. The summed E-state index contributed by atoms with van der Waals surface area (Å²) in [5.74, 6) is -2.40. The zero-order chi connectivity index (χ0) is 40.9. The summed E-state index contributed by atoms with van der Waals surface area (Å²) < 4.78 is 83.1.